The monoisotopic (exact) mass is 225 g/mol. The third-order valence-electron chi connectivity index (χ3n) is 2.51. The van der Waals surface area contributed by atoms with Gasteiger partial charge < -0.3 is 10.3 Å². The topological polar surface area (TPSA) is 71.8 Å². The van der Waals surface area contributed by atoms with Crippen LogP contribution in [0.2, 0.25) is 0 Å². The highest BCUT2D eigenvalue weighted by Gasteiger charge is 2.13. The second-order valence-corrected chi connectivity index (χ2v) is 3.67. The highest BCUT2D eigenvalue weighted by molar-refractivity contribution is 5.93. The number of nitriles is 1. The van der Waals surface area contributed by atoms with Gasteiger partial charge in [0.25, 0.3) is 5.91 Å². The molecule has 1 heterocycles. The van der Waals surface area contributed by atoms with Crippen molar-refractivity contribution in [2.75, 3.05) is 0 Å². The van der Waals surface area contributed by atoms with Crippen molar-refractivity contribution in [3.63, 3.8) is 0 Å². The van der Waals surface area contributed by atoms with Crippen molar-refractivity contribution in [3.8, 4) is 6.07 Å². The second kappa shape index (κ2) is 4.54. The molecule has 2 aromatic rings. The maximum Gasteiger partial charge on any atom is 0.266 e. The maximum absolute atomic E-state index is 11.3. The van der Waals surface area contributed by atoms with Crippen LogP contribution in [0.3, 0.4) is 0 Å². The first kappa shape index (κ1) is 11.0. The first-order valence-corrected chi connectivity index (χ1v) is 5.15. The van der Waals surface area contributed by atoms with Crippen molar-refractivity contribution >= 4 is 5.91 Å². The zero-order valence-corrected chi connectivity index (χ0v) is 9.13. The van der Waals surface area contributed by atoms with E-state index in [0.29, 0.717) is 12.1 Å². The molecule has 0 bridgehead atoms. The van der Waals surface area contributed by atoms with Gasteiger partial charge in [0.15, 0.2) is 0 Å². The lowest BCUT2D eigenvalue weighted by atomic mass is 10.2. The fraction of sp³-hybridized carbons (Fsp3) is 0.0769. The summed E-state index contributed by atoms with van der Waals surface area (Å²) in [7, 11) is 0. The summed E-state index contributed by atoms with van der Waals surface area (Å²) < 4.78 is 1.69. The van der Waals surface area contributed by atoms with E-state index in [0.717, 1.165) is 5.56 Å². The number of aromatic nitrogens is 1. The van der Waals surface area contributed by atoms with Crippen LogP contribution < -0.4 is 5.73 Å². The van der Waals surface area contributed by atoms with Gasteiger partial charge in [-0.2, -0.15) is 5.26 Å². The number of nitrogens with zero attached hydrogens (tertiary/aromatic N) is 2. The molecule has 0 radical (unpaired) electrons. The first-order valence-electron chi connectivity index (χ1n) is 5.15. The Morgan fingerprint density at radius 1 is 1.29 bits per heavy atom. The Bertz CT molecular complexity index is 578. The van der Waals surface area contributed by atoms with Gasteiger partial charge in [0.1, 0.15) is 11.8 Å². The fourth-order valence-corrected chi connectivity index (χ4v) is 1.75. The number of amides is 1. The Hall–Kier alpha value is -2.54. The van der Waals surface area contributed by atoms with Gasteiger partial charge in [-0.1, -0.05) is 30.3 Å². The molecule has 84 valence electrons. The van der Waals surface area contributed by atoms with Crippen LogP contribution in [0.15, 0.2) is 42.6 Å². The van der Waals surface area contributed by atoms with Crippen LogP contribution in [0, 0.1) is 11.3 Å². The van der Waals surface area contributed by atoms with Crippen molar-refractivity contribution in [2.45, 2.75) is 6.54 Å². The summed E-state index contributed by atoms with van der Waals surface area (Å²) in [6, 6.07) is 13.2. The van der Waals surface area contributed by atoms with Crippen LogP contribution in [0.25, 0.3) is 0 Å². The first-order chi connectivity index (χ1) is 8.22. The van der Waals surface area contributed by atoms with Gasteiger partial charge >= 0.3 is 0 Å². The number of carbonyl (C=O) groups is 1. The zero-order valence-electron chi connectivity index (χ0n) is 9.13. The minimum atomic E-state index is -0.581. The van der Waals surface area contributed by atoms with Gasteiger partial charge in [0.2, 0.25) is 0 Å². The van der Waals surface area contributed by atoms with Gasteiger partial charge in [-0.15, -0.1) is 0 Å². The van der Waals surface area contributed by atoms with Crippen molar-refractivity contribution in [3.05, 3.63) is 59.4 Å². The molecule has 17 heavy (non-hydrogen) atoms. The van der Waals surface area contributed by atoms with E-state index in [9.17, 15) is 4.79 Å². The Morgan fingerprint density at radius 3 is 2.59 bits per heavy atom. The largest absolute Gasteiger partial charge is 0.364 e. The van der Waals surface area contributed by atoms with Crippen LogP contribution in [0.1, 0.15) is 21.6 Å². The second-order valence-electron chi connectivity index (χ2n) is 3.67. The van der Waals surface area contributed by atoms with E-state index >= 15 is 0 Å². The van der Waals surface area contributed by atoms with Crippen molar-refractivity contribution in [1.29, 1.82) is 5.26 Å². The Kier molecular flexibility index (Phi) is 2.93. The molecular formula is C13H11N3O. The molecule has 0 atom stereocenters. The smallest absolute Gasteiger partial charge is 0.266 e. The van der Waals surface area contributed by atoms with Crippen LogP contribution in [0.5, 0.6) is 0 Å². The third-order valence-corrected chi connectivity index (χ3v) is 2.51. The van der Waals surface area contributed by atoms with E-state index in [2.05, 4.69) is 0 Å². The number of primary amides is 1. The molecule has 1 amide bonds. The lowest BCUT2D eigenvalue weighted by molar-refractivity contribution is 0.0991. The van der Waals surface area contributed by atoms with E-state index in [1.165, 1.54) is 0 Å². The quantitative estimate of drug-likeness (QED) is 0.859. The highest BCUT2D eigenvalue weighted by Crippen LogP contribution is 2.12. The average molecular weight is 225 g/mol. The number of rotatable bonds is 3. The molecular weight excluding hydrogens is 214 g/mol. The van der Waals surface area contributed by atoms with Gasteiger partial charge in [-0.3, -0.25) is 4.79 Å². The number of nitrogens with two attached hydrogens (primary N) is 1. The molecule has 2 N–H and O–H groups in total. The van der Waals surface area contributed by atoms with Crippen LogP contribution >= 0.6 is 0 Å². The molecule has 0 aliphatic heterocycles. The number of benzene rings is 1. The maximum atomic E-state index is 11.3. The predicted molar refractivity (Wildman–Crippen MR) is 63.2 cm³/mol. The number of hydrogen-bond donors (Lipinski definition) is 1. The summed E-state index contributed by atoms with van der Waals surface area (Å²) in [5.41, 5.74) is 6.90. The molecule has 0 spiro atoms. The third kappa shape index (κ3) is 2.18. The zero-order chi connectivity index (χ0) is 12.3. The summed E-state index contributed by atoms with van der Waals surface area (Å²) in [5, 5.41) is 8.88. The molecule has 0 saturated carbocycles. The van der Waals surface area contributed by atoms with Crippen LogP contribution in [-0.2, 0) is 6.54 Å². The molecule has 0 saturated heterocycles. The SMILES string of the molecule is N#Cc1ccn(Cc2ccccc2)c1C(N)=O. The minimum absolute atomic E-state index is 0.261. The van der Waals surface area contributed by atoms with Crippen molar-refractivity contribution in [2.24, 2.45) is 5.73 Å². The Labute approximate surface area is 98.9 Å². The highest BCUT2D eigenvalue weighted by atomic mass is 16.1. The molecule has 0 unspecified atom stereocenters. The predicted octanol–water partition coefficient (Wildman–Crippen LogP) is 1.51. The molecule has 4 heteroatoms. The van der Waals surface area contributed by atoms with E-state index < -0.39 is 5.91 Å². The van der Waals surface area contributed by atoms with E-state index in [4.69, 9.17) is 11.0 Å². The van der Waals surface area contributed by atoms with Gasteiger partial charge in [-0.25, -0.2) is 0 Å². The summed E-state index contributed by atoms with van der Waals surface area (Å²) >= 11 is 0. The minimum Gasteiger partial charge on any atom is -0.364 e. The lowest BCUT2D eigenvalue weighted by Crippen LogP contribution is -2.18. The van der Waals surface area contributed by atoms with Crippen molar-refractivity contribution < 1.29 is 4.79 Å². The Balaban J connectivity index is 2.38. The molecule has 2 rings (SSSR count). The standard InChI is InChI=1S/C13H11N3O/c14-8-11-6-7-16(12(11)13(15)17)9-10-4-2-1-3-5-10/h1-7H,9H2,(H2,15,17). The summed E-state index contributed by atoms with van der Waals surface area (Å²) in [5.74, 6) is -0.581. The van der Waals surface area contributed by atoms with Crippen LogP contribution in [-0.4, -0.2) is 10.5 Å². The van der Waals surface area contributed by atoms with Gasteiger partial charge in [-0.05, 0) is 11.6 Å². The van der Waals surface area contributed by atoms with Gasteiger partial charge in [0.05, 0.1) is 5.56 Å². The average Bonchev–Trinajstić information content (AvgIpc) is 2.73. The molecule has 4 nitrogen and oxygen atoms in total. The molecule has 1 aromatic carbocycles. The van der Waals surface area contributed by atoms with E-state index in [-0.39, 0.29) is 5.69 Å². The molecule has 0 fully saturated rings. The summed E-state index contributed by atoms with van der Waals surface area (Å²) in [4.78, 5) is 11.3. The van der Waals surface area contributed by atoms with E-state index in [1.807, 2.05) is 36.4 Å². The van der Waals surface area contributed by atoms with E-state index in [1.54, 1.807) is 16.8 Å². The Morgan fingerprint density at radius 2 is 2.00 bits per heavy atom. The lowest BCUT2D eigenvalue weighted by Gasteiger charge is -2.06. The van der Waals surface area contributed by atoms with Crippen LogP contribution in [0.4, 0.5) is 0 Å². The number of hydrogen-bond acceptors (Lipinski definition) is 2. The fourth-order valence-electron chi connectivity index (χ4n) is 1.75. The normalized spacial score (nSPS) is 9.82. The molecule has 0 aliphatic rings. The summed E-state index contributed by atoms with van der Waals surface area (Å²) in [6.45, 7) is 0.529. The summed E-state index contributed by atoms with van der Waals surface area (Å²) in [6.07, 6.45) is 1.70. The van der Waals surface area contributed by atoms with Gasteiger partial charge in [0, 0.05) is 12.7 Å². The molecule has 0 aliphatic carbocycles. The molecule has 1 aromatic heterocycles. The number of carbonyl (C=O) groups excluding carboxylic acids is 1. The van der Waals surface area contributed by atoms with Crippen molar-refractivity contribution in [1.82, 2.24) is 4.57 Å².